The molecule has 0 saturated carbocycles. The first-order valence-electron chi connectivity index (χ1n) is 7.45. The van der Waals surface area contributed by atoms with Gasteiger partial charge in [0.15, 0.2) is 17.5 Å². The number of carbonyl (C=O) groups excluding carboxylic acids is 1. The summed E-state index contributed by atoms with van der Waals surface area (Å²) in [7, 11) is 0. The van der Waals surface area contributed by atoms with E-state index >= 15 is 0 Å². The maximum absolute atomic E-state index is 13.9. The van der Waals surface area contributed by atoms with Gasteiger partial charge in [-0.2, -0.15) is 0 Å². The fraction of sp³-hybridized carbons (Fsp3) is 0.312. The van der Waals surface area contributed by atoms with Crippen molar-refractivity contribution in [3.05, 3.63) is 52.4 Å². The Morgan fingerprint density at radius 3 is 2.64 bits per heavy atom. The standard InChI is InChI=1S/C16H12ClF4N3O/c17-5-13(25)24(16-22-6-8-2-1-3-12(8)23-16)7-9-10(18)4-11(19)15(21)14(9)20/h4,6H,1-3,5,7H2. The van der Waals surface area contributed by atoms with E-state index in [-0.39, 0.29) is 12.0 Å². The summed E-state index contributed by atoms with van der Waals surface area (Å²) >= 11 is 5.55. The molecule has 1 aromatic heterocycles. The molecule has 1 aliphatic rings. The monoisotopic (exact) mass is 373 g/mol. The number of halogens is 5. The van der Waals surface area contributed by atoms with Gasteiger partial charge in [-0.25, -0.2) is 27.5 Å². The summed E-state index contributed by atoms with van der Waals surface area (Å²) in [6.45, 7) is -0.709. The van der Waals surface area contributed by atoms with Crippen molar-refractivity contribution >= 4 is 23.5 Å². The highest BCUT2D eigenvalue weighted by Gasteiger charge is 2.26. The second-order valence-electron chi connectivity index (χ2n) is 5.56. The second kappa shape index (κ2) is 6.95. The minimum Gasteiger partial charge on any atom is -0.275 e. The quantitative estimate of drug-likeness (QED) is 0.357. The Balaban J connectivity index is 2.01. The van der Waals surface area contributed by atoms with Crippen LogP contribution in [0.3, 0.4) is 0 Å². The number of hydrogen-bond acceptors (Lipinski definition) is 3. The Labute approximate surface area is 145 Å². The number of fused-ring (bicyclic) bond motifs is 1. The molecular weight excluding hydrogens is 362 g/mol. The zero-order valence-electron chi connectivity index (χ0n) is 12.8. The molecule has 0 saturated heterocycles. The highest BCUT2D eigenvalue weighted by molar-refractivity contribution is 6.29. The minimum atomic E-state index is -1.82. The number of anilines is 1. The smallest absolute Gasteiger partial charge is 0.244 e. The minimum absolute atomic E-state index is 0.0881. The topological polar surface area (TPSA) is 46.1 Å². The lowest BCUT2D eigenvalue weighted by Gasteiger charge is -2.21. The predicted molar refractivity (Wildman–Crippen MR) is 82.2 cm³/mol. The number of alkyl halides is 1. The normalized spacial score (nSPS) is 13.0. The van der Waals surface area contributed by atoms with Gasteiger partial charge in [0.25, 0.3) is 0 Å². The third-order valence-electron chi connectivity index (χ3n) is 3.98. The van der Waals surface area contributed by atoms with E-state index in [1.807, 2.05) is 0 Å². The Bertz CT molecular complexity index is 847. The first-order chi connectivity index (χ1) is 11.9. The van der Waals surface area contributed by atoms with Gasteiger partial charge in [-0.15, -0.1) is 11.6 Å². The van der Waals surface area contributed by atoms with Crippen molar-refractivity contribution < 1.29 is 22.4 Å². The summed E-state index contributed by atoms with van der Waals surface area (Å²) in [6.07, 6.45) is 3.94. The van der Waals surface area contributed by atoms with E-state index in [9.17, 15) is 22.4 Å². The molecule has 0 aliphatic heterocycles. The van der Waals surface area contributed by atoms with Crippen LogP contribution in [0.2, 0.25) is 0 Å². The maximum atomic E-state index is 13.9. The van der Waals surface area contributed by atoms with Crippen molar-refractivity contribution in [1.29, 1.82) is 0 Å². The molecule has 2 aromatic rings. The van der Waals surface area contributed by atoms with Crippen LogP contribution in [0.5, 0.6) is 0 Å². The Morgan fingerprint density at radius 2 is 1.92 bits per heavy atom. The van der Waals surface area contributed by atoms with Crippen LogP contribution in [-0.4, -0.2) is 21.8 Å². The van der Waals surface area contributed by atoms with E-state index in [4.69, 9.17) is 11.6 Å². The molecule has 0 spiro atoms. The van der Waals surface area contributed by atoms with Crippen LogP contribution < -0.4 is 4.90 Å². The zero-order chi connectivity index (χ0) is 18.1. The van der Waals surface area contributed by atoms with Gasteiger partial charge < -0.3 is 0 Å². The van der Waals surface area contributed by atoms with Crippen molar-refractivity contribution in [2.45, 2.75) is 25.8 Å². The van der Waals surface area contributed by atoms with Crippen molar-refractivity contribution in [2.24, 2.45) is 0 Å². The van der Waals surface area contributed by atoms with E-state index < -0.39 is 47.2 Å². The van der Waals surface area contributed by atoms with Crippen molar-refractivity contribution in [2.75, 3.05) is 10.8 Å². The fourth-order valence-corrected chi connectivity index (χ4v) is 2.83. The number of benzene rings is 1. The molecule has 132 valence electrons. The summed E-state index contributed by atoms with van der Waals surface area (Å²) in [5.41, 5.74) is 0.872. The number of rotatable bonds is 4. The van der Waals surface area contributed by atoms with Gasteiger partial charge >= 0.3 is 0 Å². The lowest BCUT2D eigenvalue weighted by molar-refractivity contribution is -0.116. The number of aryl methyl sites for hydroxylation is 2. The van der Waals surface area contributed by atoms with Crippen LogP contribution in [0.25, 0.3) is 0 Å². The van der Waals surface area contributed by atoms with Gasteiger partial charge in [-0.1, -0.05) is 0 Å². The molecule has 3 rings (SSSR count). The average molecular weight is 374 g/mol. The van der Waals surface area contributed by atoms with Crippen LogP contribution in [-0.2, 0) is 24.2 Å². The maximum Gasteiger partial charge on any atom is 0.244 e. The van der Waals surface area contributed by atoms with Crippen molar-refractivity contribution in [3.8, 4) is 0 Å². The highest BCUT2D eigenvalue weighted by atomic mass is 35.5. The molecule has 9 heteroatoms. The summed E-state index contributed by atoms with van der Waals surface area (Å²) < 4.78 is 54.3. The number of nitrogens with zero attached hydrogens (tertiary/aromatic N) is 3. The van der Waals surface area contributed by atoms with Crippen molar-refractivity contribution in [3.63, 3.8) is 0 Å². The number of hydrogen-bond donors (Lipinski definition) is 0. The van der Waals surface area contributed by atoms with Crippen LogP contribution in [0.4, 0.5) is 23.5 Å². The van der Waals surface area contributed by atoms with E-state index in [0.29, 0.717) is 6.42 Å². The molecule has 0 N–H and O–H groups in total. The summed E-state index contributed by atoms with van der Waals surface area (Å²) in [5, 5.41) is 0. The molecule has 0 atom stereocenters. The van der Waals surface area contributed by atoms with Crippen LogP contribution >= 0.6 is 11.6 Å². The molecule has 0 bridgehead atoms. The largest absolute Gasteiger partial charge is 0.275 e. The molecule has 1 heterocycles. The van der Waals surface area contributed by atoms with Crippen LogP contribution in [0, 0.1) is 23.3 Å². The lowest BCUT2D eigenvalue weighted by Crippen LogP contribution is -2.34. The molecule has 0 radical (unpaired) electrons. The van der Waals surface area contributed by atoms with Crippen LogP contribution in [0.15, 0.2) is 12.3 Å². The lowest BCUT2D eigenvalue weighted by atomic mass is 10.1. The number of aromatic nitrogens is 2. The van der Waals surface area contributed by atoms with E-state index in [1.54, 1.807) is 0 Å². The number of amides is 1. The molecule has 4 nitrogen and oxygen atoms in total. The molecule has 1 amide bonds. The molecule has 1 aliphatic carbocycles. The van der Waals surface area contributed by atoms with Gasteiger partial charge in [-0.3, -0.25) is 9.69 Å². The van der Waals surface area contributed by atoms with E-state index in [0.717, 1.165) is 29.0 Å². The summed E-state index contributed by atoms with van der Waals surface area (Å²) in [5.74, 6) is -7.78. The zero-order valence-corrected chi connectivity index (χ0v) is 13.6. The van der Waals surface area contributed by atoms with Gasteiger partial charge in [0.05, 0.1) is 6.54 Å². The van der Waals surface area contributed by atoms with Gasteiger partial charge in [0.2, 0.25) is 11.9 Å². The van der Waals surface area contributed by atoms with E-state index in [1.165, 1.54) is 6.20 Å². The Hall–Kier alpha value is -2.22. The molecule has 1 aromatic carbocycles. The highest BCUT2D eigenvalue weighted by Crippen LogP contribution is 2.25. The number of carbonyl (C=O) groups is 1. The van der Waals surface area contributed by atoms with Crippen LogP contribution in [0.1, 0.15) is 23.2 Å². The van der Waals surface area contributed by atoms with E-state index in [2.05, 4.69) is 9.97 Å². The summed E-state index contributed by atoms with van der Waals surface area (Å²) in [4.78, 5) is 21.2. The first kappa shape index (κ1) is 17.6. The Kier molecular flexibility index (Phi) is 4.89. The van der Waals surface area contributed by atoms with Crippen molar-refractivity contribution in [1.82, 2.24) is 9.97 Å². The predicted octanol–water partition coefficient (Wildman–Crippen LogP) is 3.29. The average Bonchev–Trinajstić information content (AvgIpc) is 3.07. The SMILES string of the molecule is O=C(CCl)N(Cc1c(F)cc(F)c(F)c1F)c1ncc2c(n1)CCC2. The van der Waals surface area contributed by atoms with Gasteiger partial charge in [0.1, 0.15) is 11.7 Å². The summed E-state index contributed by atoms with van der Waals surface area (Å²) in [6, 6.07) is 0.223. The first-order valence-corrected chi connectivity index (χ1v) is 7.98. The van der Waals surface area contributed by atoms with Gasteiger partial charge in [0, 0.05) is 23.5 Å². The Morgan fingerprint density at radius 1 is 1.16 bits per heavy atom. The third-order valence-corrected chi connectivity index (χ3v) is 4.21. The molecular formula is C16H12ClF4N3O. The third kappa shape index (κ3) is 3.30. The second-order valence-corrected chi connectivity index (χ2v) is 5.82. The molecule has 25 heavy (non-hydrogen) atoms. The molecule has 0 unspecified atom stereocenters. The fourth-order valence-electron chi connectivity index (χ4n) is 2.68. The molecule has 0 fully saturated rings. The van der Waals surface area contributed by atoms with Gasteiger partial charge in [-0.05, 0) is 24.8 Å².